The number of nitrogens with one attached hydrogen (secondary N) is 1. The standard InChI is InChI=1S/C16H25NO2/c1-2-15(14-10-6-5-7-11-14)16(19)17-12-8-3-4-9-13-18/h5-7,10-11,15,18H,2-4,8-9,12-13H2,1H3,(H,17,19). The first-order chi connectivity index (χ1) is 9.29. The summed E-state index contributed by atoms with van der Waals surface area (Å²) >= 11 is 0. The molecule has 0 saturated heterocycles. The van der Waals surface area contributed by atoms with Gasteiger partial charge in [-0.05, 0) is 24.8 Å². The molecule has 1 rings (SSSR count). The zero-order valence-corrected chi connectivity index (χ0v) is 11.8. The van der Waals surface area contributed by atoms with Crippen molar-refractivity contribution in [3.63, 3.8) is 0 Å². The summed E-state index contributed by atoms with van der Waals surface area (Å²) in [7, 11) is 0. The Morgan fingerprint density at radius 2 is 1.84 bits per heavy atom. The van der Waals surface area contributed by atoms with Crippen LogP contribution in [-0.4, -0.2) is 24.2 Å². The topological polar surface area (TPSA) is 49.3 Å². The summed E-state index contributed by atoms with van der Waals surface area (Å²) < 4.78 is 0. The van der Waals surface area contributed by atoms with Gasteiger partial charge in [-0.25, -0.2) is 0 Å². The Balaban J connectivity index is 2.31. The highest BCUT2D eigenvalue weighted by molar-refractivity contribution is 5.83. The van der Waals surface area contributed by atoms with Crippen molar-refractivity contribution in [2.75, 3.05) is 13.2 Å². The highest BCUT2D eigenvalue weighted by atomic mass is 16.2. The van der Waals surface area contributed by atoms with Crippen LogP contribution in [0.25, 0.3) is 0 Å². The van der Waals surface area contributed by atoms with E-state index in [9.17, 15) is 4.79 Å². The Morgan fingerprint density at radius 1 is 1.16 bits per heavy atom. The molecular formula is C16H25NO2. The van der Waals surface area contributed by atoms with Crippen LogP contribution in [0.1, 0.15) is 50.5 Å². The second-order valence-corrected chi connectivity index (χ2v) is 4.80. The average Bonchev–Trinajstić information content (AvgIpc) is 2.45. The van der Waals surface area contributed by atoms with E-state index in [1.165, 1.54) is 0 Å². The van der Waals surface area contributed by atoms with Crippen LogP contribution >= 0.6 is 0 Å². The van der Waals surface area contributed by atoms with Gasteiger partial charge < -0.3 is 10.4 Å². The molecule has 1 unspecified atom stereocenters. The van der Waals surface area contributed by atoms with Gasteiger partial charge in [0.1, 0.15) is 0 Å². The molecule has 3 nitrogen and oxygen atoms in total. The Bertz CT molecular complexity index is 351. The molecule has 0 fully saturated rings. The number of hydrogen-bond acceptors (Lipinski definition) is 2. The lowest BCUT2D eigenvalue weighted by Crippen LogP contribution is -2.29. The second-order valence-electron chi connectivity index (χ2n) is 4.80. The van der Waals surface area contributed by atoms with E-state index in [2.05, 4.69) is 5.32 Å². The molecule has 1 amide bonds. The fraction of sp³-hybridized carbons (Fsp3) is 0.562. The molecule has 0 aromatic heterocycles. The zero-order chi connectivity index (χ0) is 13.9. The maximum absolute atomic E-state index is 12.1. The van der Waals surface area contributed by atoms with Crippen LogP contribution in [0.2, 0.25) is 0 Å². The van der Waals surface area contributed by atoms with Gasteiger partial charge in [0.05, 0.1) is 5.92 Å². The Morgan fingerprint density at radius 3 is 2.47 bits per heavy atom. The van der Waals surface area contributed by atoms with Gasteiger partial charge in [-0.1, -0.05) is 50.1 Å². The van der Waals surface area contributed by atoms with Crippen LogP contribution in [0.5, 0.6) is 0 Å². The lowest BCUT2D eigenvalue weighted by Gasteiger charge is -2.15. The zero-order valence-electron chi connectivity index (χ0n) is 11.8. The number of hydrogen-bond donors (Lipinski definition) is 2. The summed E-state index contributed by atoms with van der Waals surface area (Å²) in [5, 5.41) is 11.7. The van der Waals surface area contributed by atoms with Crippen molar-refractivity contribution in [3.05, 3.63) is 35.9 Å². The SMILES string of the molecule is CCC(C(=O)NCCCCCCO)c1ccccc1. The first kappa shape index (κ1) is 15.7. The number of aliphatic hydroxyl groups excluding tert-OH is 1. The van der Waals surface area contributed by atoms with Gasteiger partial charge in [-0.3, -0.25) is 4.79 Å². The monoisotopic (exact) mass is 263 g/mol. The van der Waals surface area contributed by atoms with Crippen molar-refractivity contribution in [3.8, 4) is 0 Å². The molecule has 0 bridgehead atoms. The van der Waals surface area contributed by atoms with E-state index in [4.69, 9.17) is 5.11 Å². The number of aliphatic hydroxyl groups is 1. The quantitative estimate of drug-likeness (QED) is 0.673. The second kappa shape index (κ2) is 9.56. The van der Waals surface area contributed by atoms with Gasteiger partial charge in [0, 0.05) is 13.2 Å². The molecule has 0 spiro atoms. The minimum Gasteiger partial charge on any atom is -0.396 e. The van der Waals surface area contributed by atoms with E-state index in [1.807, 2.05) is 37.3 Å². The molecule has 2 N–H and O–H groups in total. The largest absolute Gasteiger partial charge is 0.396 e. The van der Waals surface area contributed by atoms with Gasteiger partial charge in [-0.2, -0.15) is 0 Å². The number of rotatable bonds is 9. The van der Waals surface area contributed by atoms with E-state index in [0.717, 1.165) is 44.2 Å². The van der Waals surface area contributed by atoms with Gasteiger partial charge in [-0.15, -0.1) is 0 Å². The van der Waals surface area contributed by atoms with E-state index in [0.29, 0.717) is 0 Å². The molecule has 0 radical (unpaired) electrons. The van der Waals surface area contributed by atoms with E-state index in [-0.39, 0.29) is 18.4 Å². The number of amides is 1. The van der Waals surface area contributed by atoms with E-state index >= 15 is 0 Å². The van der Waals surface area contributed by atoms with Crippen LogP contribution in [0, 0.1) is 0 Å². The maximum atomic E-state index is 12.1. The highest BCUT2D eigenvalue weighted by Gasteiger charge is 2.17. The van der Waals surface area contributed by atoms with Crippen molar-refractivity contribution in [1.29, 1.82) is 0 Å². The van der Waals surface area contributed by atoms with Gasteiger partial charge >= 0.3 is 0 Å². The molecule has 1 aromatic carbocycles. The molecule has 0 aliphatic carbocycles. The molecule has 3 heteroatoms. The van der Waals surface area contributed by atoms with Gasteiger partial charge in [0.25, 0.3) is 0 Å². The number of unbranched alkanes of at least 4 members (excludes halogenated alkanes) is 3. The minimum absolute atomic E-state index is 0.0429. The Kier molecular flexibility index (Phi) is 7.91. The third-order valence-corrected chi connectivity index (χ3v) is 3.31. The summed E-state index contributed by atoms with van der Waals surface area (Å²) in [6, 6.07) is 9.93. The molecule has 19 heavy (non-hydrogen) atoms. The van der Waals surface area contributed by atoms with Crippen molar-refractivity contribution >= 4 is 5.91 Å². The van der Waals surface area contributed by atoms with Gasteiger partial charge in [0.2, 0.25) is 5.91 Å². The Hall–Kier alpha value is -1.35. The van der Waals surface area contributed by atoms with Crippen molar-refractivity contribution in [2.24, 2.45) is 0 Å². The molecule has 0 aliphatic heterocycles. The molecule has 106 valence electrons. The van der Waals surface area contributed by atoms with E-state index < -0.39 is 0 Å². The first-order valence-electron chi connectivity index (χ1n) is 7.23. The lowest BCUT2D eigenvalue weighted by molar-refractivity contribution is -0.122. The van der Waals surface area contributed by atoms with Crippen LogP contribution in [-0.2, 0) is 4.79 Å². The lowest BCUT2D eigenvalue weighted by atomic mass is 9.95. The Labute approximate surface area is 116 Å². The molecular weight excluding hydrogens is 238 g/mol. The fourth-order valence-corrected chi connectivity index (χ4v) is 2.18. The normalized spacial score (nSPS) is 12.1. The number of carbonyl (C=O) groups excluding carboxylic acids is 1. The van der Waals surface area contributed by atoms with Crippen LogP contribution in [0.3, 0.4) is 0 Å². The number of benzene rings is 1. The average molecular weight is 263 g/mol. The van der Waals surface area contributed by atoms with Crippen molar-refractivity contribution in [1.82, 2.24) is 5.32 Å². The van der Waals surface area contributed by atoms with Crippen molar-refractivity contribution < 1.29 is 9.90 Å². The van der Waals surface area contributed by atoms with E-state index in [1.54, 1.807) is 0 Å². The van der Waals surface area contributed by atoms with Crippen molar-refractivity contribution in [2.45, 2.75) is 44.9 Å². The predicted molar refractivity (Wildman–Crippen MR) is 78.0 cm³/mol. The smallest absolute Gasteiger partial charge is 0.227 e. The summed E-state index contributed by atoms with van der Waals surface area (Å²) in [5.41, 5.74) is 1.09. The summed E-state index contributed by atoms with van der Waals surface area (Å²) in [5.74, 6) is 0.0782. The minimum atomic E-state index is -0.0429. The first-order valence-corrected chi connectivity index (χ1v) is 7.23. The highest BCUT2D eigenvalue weighted by Crippen LogP contribution is 2.19. The summed E-state index contributed by atoms with van der Waals surface area (Å²) in [6.07, 6.45) is 4.75. The molecule has 0 aliphatic rings. The van der Waals surface area contributed by atoms with Gasteiger partial charge in [0.15, 0.2) is 0 Å². The van der Waals surface area contributed by atoms with Crippen LogP contribution in [0.15, 0.2) is 30.3 Å². The molecule has 1 atom stereocenters. The predicted octanol–water partition coefficient (Wildman–Crippen LogP) is 2.85. The maximum Gasteiger partial charge on any atom is 0.227 e. The summed E-state index contributed by atoms with van der Waals surface area (Å²) in [6.45, 7) is 3.03. The summed E-state index contributed by atoms with van der Waals surface area (Å²) in [4.78, 5) is 12.1. The molecule has 0 heterocycles. The fourth-order valence-electron chi connectivity index (χ4n) is 2.18. The van der Waals surface area contributed by atoms with Crippen LogP contribution in [0.4, 0.5) is 0 Å². The third kappa shape index (κ3) is 5.88. The number of carbonyl (C=O) groups is 1. The third-order valence-electron chi connectivity index (χ3n) is 3.31. The van der Waals surface area contributed by atoms with Crippen LogP contribution < -0.4 is 5.32 Å². The molecule has 1 aromatic rings. The molecule has 0 saturated carbocycles.